The first-order valence-electron chi connectivity index (χ1n) is 14.8. The minimum absolute atomic E-state index is 0.00172. The van der Waals surface area contributed by atoms with Crippen LogP contribution in [0.5, 0.6) is 5.75 Å². The van der Waals surface area contributed by atoms with E-state index in [4.69, 9.17) is 16.2 Å². The maximum Gasteiger partial charge on any atom is 0.225 e. The lowest BCUT2D eigenvalue weighted by molar-refractivity contribution is -0.136. The SMILES string of the molecule is COc1ccc(CC(C)C(=O)N2CCC3(CC2)CN(S(C)=O)c2ccccc23)cc1.NCc1ccccc1CCC(N)=O. The number of aryl methyl sites for hydroxylation is 1. The lowest BCUT2D eigenvalue weighted by Gasteiger charge is -2.40. The highest BCUT2D eigenvalue weighted by atomic mass is 32.2. The van der Waals surface area contributed by atoms with Crippen molar-refractivity contribution < 1.29 is 18.5 Å². The number of hydrogen-bond donors (Lipinski definition) is 2. The van der Waals surface area contributed by atoms with Gasteiger partial charge in [-0.25, -0.2) is 4.21 Å². The summed E-state index contributed by atoms with van der Waals surface area (Å²) >= 11 is 0. The van der Waals surface area contributed by atoms with E-state index in [0.29, 0.717) is 19.4 Å². The lowest BCUT2D eigenvalue weighted by atomic mass is 9.74. The van der Waals surface area contributed by atoms with Gasteiger partial charge in [-0.2, -0.15) is 0 Å². The summed E-state index contributed by atoms with van der Waals surface area (Å²) in [6, 6.07) is 24.1. The molecule has 9 heteroatoms. The number of para-hydroxylation sites is 1. The summed E-state index contributed by atoms with van der Waals surface area (Å²) in [5, 5.41) is 0. The minimum atomic E-state index is -1.04. The van der Waals surface area contributed by atoms with Crippen LogP contribution in [0.2, 0.25) is 0 Å². The molecule has 4 N–H and O–H groups in total. The number of carbonyl (C=O) groups is 2. The molecule has 8 nitrogen and oxygen atoms in total. The van der Waals surface area contributed by atoms with E-state index in [1.165, 1.54) is 5.56 Å². The smallest absolute Gasteiger partial charge is 0.225 e. The van der Waals surface area contributed by atoms with E-state index in [2.05, 4.69) is 18.2 Å². The second-order valence-electron chi connectivity index (χ2n) is 11.5. The third-order valence-corrected chi connectivity index (χ3v) is 9.58. The lowest BCUT2D eigenvalue weighted by Crippen LogP contribution is -2.48. The fourth-order valence-electron chi connectivity index (χ4n) is 6.17. The van der Waals surface area contributed by atoms with Gasteiger partial charge in [0.15, 0.2) is 0 Å². The number of hydrogen-bond acceptors (Lipinski definition) is 5. The number of benzene rings is 3. The molecule has 2 unspecified atom stereocenters. The summed E-state index contributed by atoms with van der Waals surface area (Å²) < 4.78 is 19.5. The average molecular weight is 605 g/mol. The van der Waals surface area contributed by atoms with Gasteiger partial charge in [0.1, 0.15) is 16.7 Å². The molecule has 0 radical (unpaired) electrons. The number of fused-ring (bicyclic) bond motifs is 2. The van der Waals surface area contributed by atoms with Crippen LogP contribution in [0.4, 0.5) is 5.69 Å². The molecule has 0 aromatic heterocycles. The molecule has 230 valence electrons. The van der Waals surface area contributed by atoms with Gasteiger partial charge in [-0.15, -0.1) is 0 Å². The van der Waals surface area contributed by atoms with Gasteiger partial charge < -0.3 is 21.1 Å². The van der Waals surface area contributed by atoms with Crippen molar-refractivity contribution in [3.05, 3.63) is 95.1 Å². The normalized spacial score (nSPS) is 16.6. The Morgan fingerprint density at radius 3 is 2.21 bits per heavy atom. The Labute approximate surface area is 258 Å². The Kier molecular flexibility index (Phi) is 11.0. The summed E-state index contributed by atoms with van der Waals surface area (Å²) in [4.78, 5) is 25.7. The highest BCUT2D eigenvalue weighted by Gasteiger charge is 2.46. The van der Waals surface area contributed by atoms with Gasteiger partial charge in [0.2, 0.25) is 11.8 Å². The Morgan fingerprint density at radius 2 is 1.60 bits per heavy atom. The number of anilines is 1. The van der Waals surface area contributed by atoms with E-state index in [9.17, 15) is 13.8 Å². The summed E-state index contributed by atoms with van der Waals surface area (Å²) in [5.74, 6) is 0.732. The second-order valence-corrected chi connectivity index (χ2v) is 12.8. The maximum absolute atomic E-state index is 13.1. The van der Waals surface area contributed by atoms with E-state index in [-0.39, 0.29) is 23.1 Å². The number of piperidine rings is 1. The Morgan fingerprint density at radius 1 is 0.977 bits per heavy atom. The summed E-state index contributed by atoms with van der Waals surface area (Å²) in [5.41, 5.74) is 16.3. The number of primary amides is 1. The van der Waals surface area contributed by atoms with Crippen molar-refractivity contribution in [2.45, 2.75) is 51.0 Å². The van der Waals surface area contributed by atoms with Gasteiger partial charge in [-0.1, -0.05) is 61.5 Å². The summed E-state index contributed by atoms with van der Waals surface area (Å²) in [6.45, 7) is 4.81. The van der Waals surface area contributed by atoms with Crippen LogP contribution in [0.25, 0.3) is 0 Å². The fourth-order valence-corrected chi connectivity index (χ4v) is 7.03. The van der Waals surface area contributed by atoms with Gasteiger partial charge in [-0.05, 0) is 66.1 Å². The van der Waals surface area contributed by atoms with Crippen LogP contribution < -0.4 is 20.5 Å². The number of nitrogens with two attached hydrogens (primary N) is 2. The molecular weight excluding hydrogens is 560 g/mol. The van der Waals surface area contributed by atoms with Crippen molar-refractivity contribution >= 4 is 28.5 Å². The molecule has 3 aromatic rings. The van der Waals surface area contributed by atoms with Gasteiger partial charge in [-0.3, -0.25) is 13.9 Å². The molecule has 1 fully saturated rings. The van der Waals surface area contributed by atoms with Crippen molar-refractivity contribution in [2.75, 3.05) is 37.3 Å². The number of amides is 2. The topological polar surface area (TPSA) is 119 Å². The Balaban J connectivity index is 0.000000273. The van der Waals surface area contributed by atoms with Crippen LogP contribution >= 0.6 is 0 Å². The van der Waals surface area contributed by atoms with Crippen LogP contribution in [0.1, 0.15) is 48.4 Å². The maximum atomic E-state index is 13.1. The van der Waals surface area contributed by atoms with E-state index in [1.807, 2.05) is 70.7 Å². The third kappa shape index (κ3) is 7.83. The van der Waals surface area contributed by atoms with E-state index >= 15 is 0 Å². The van der Waals surface area contributed by atoms with Gasteiger partial charge in [0, 0.05) is 50.2 Å². The largest absolute Gasteiger partial charge is 0.497 e. The molecule has 1 spiro atoms. The molecule has 0 aliphatic carbocycles. The molecule has 2 heterocycles. The minimum Gasteiger partial charge on any atom is -0.497 e. The summed E-state index contributed by atoms with van der Waals surface area (Å²) in [6.07, 6.45) is 5.38. The van der Waals surface area contributed by atoms with Crippen molar-refractivity contribution in [3.8, 4) is 5.75 Å². The molecule has 2 aliphatic rings. The van der Waals surface area contributed by atoms with Crippen LogP contribution in [0, 0.1) is 5.92 Å². The molecule has 2 atom stereocenters. The van der Waals surface area contributed by atoms with E-state index < -0.39 is 11.0 Å². The van der Waals surface area contributed by atoms with Crippen LogP contribution in [0.15, 0.2) is 72.8 Å². The first-order valence-corrected chi connectivity index (χ1v) is 16.4. The highest BCUT2D eigenvalue weighted by Crippen LogP contribution is 2.47. The van der Waals surface area contributed by atoms with Gasteiger partial charge in [0.05, 0.1) is 12.8 Å². The molecule has 0 saturated carbocycles. The van der Waals surface area contributed by atoms with Crippen molar-refractivity contribution in [1.82, 2.24) is 4.90 Å². The molecule has 43 heavy (non-hydrogen) atoms. The van der Waals surface area contributed by atoms with Crippen LogP contribution in [0.3, 0.4) is 0 Å². The zero-order valence-corrected chi connectivity index (χ0v) is 26.3. The molecule has 5 rings (SSSR count). The third-order valence-electron chi connectivity index (χ3n) is 8.63. The van der Waals surface area contributed by atoms with E-state index in [1.54, 1.807) is 13.4 Å². The number of nitrogens with zero attached hydrogens (tertiary/aromatic N) is 2. The second kappa shape index (κ2) is 14.7. The van der Waals surface area contributed by atoms with E-state index in [0.717, 1.165) is 67.0 Å². The van der Waals surface area contributed by atoms with Crippen molar-refractivity contribution in [2.24, 2.45) is 17.4 Å². The monoisotopic (exact) mass is 604 g/mol. The quantitative estimate of drug-likeness (QED) is 0.381. The van der Waals surface area contributed by atoms with Gasteiger partial charge >= 0.3 is 0 Å². The summed E-state index contributed by atoms with van der Waals surface area (Å²) in [7, 11) is 0.621. The predicted octanol–water partition coefficient (Wildman–Crippen LogP) is 4.11. The first kappa shape index (κ1) is 32.2. The standard InChI is InChI=1S/C24H30N2O3S.C10H14N2O/c1-18(16-19-8-10-20(29-2)11-9-19)23(27)25-14-12-24(13-15-25)17-26(30(3)28)22-7-5-4-6-21(22)24;11-7-9-4-2-1-3-8(9)5-6-10(12)13/h4-11,18H,12-17H2,1-3H3;1-4H,5-7,11H2,(H2,12,13). The van der Waals surface area contributed by atoms with Crippen LogP contribution in [-0.2, 0) is 45.4 Å². The molecule has 1 saturated heterocycles. The first-order chi connectivity index (χ1) is 20.7. The zero-order chi connectivity index (χ0) is 31.0. The van der Waals surface area contributed by atoms with Crippen molar-refractivity contribution in [1.29, 1.82) is 0 Å². The molecule has 2 amide bonds. The zero-order valence-electron chi connectivity index (χ0n) is 25.5. The van der Waals surface area contributed by atoms with Crippen molar-refractivity contribution in [3.63, 3.8) is 0 Å². The fraction of sp³-hybridized carbons (Fsp3) is 0.412. The number of rotatable bonds is 9. The molecule has 3 aromatic carbocycles. The Bertz CT molecular complexity index is 1420. The average Bonchev–Trinajstić information content (AvgIpc) is 3.35. The number of methoxy groups -OCH3 is 1. The molecule has 2 aliphatic heterocycles. The van der Waals surface area contributed by atoms with Gasteiger partial charge in [0.25, 0.3) is 0 Å². The molecular formula is C34H44N4O4S. The number of carbonyl (C=O) groups excluding carboxylic acids is 2. The Hall–Kier alpha value is -3.69. The number of likely N-dealkylation sites (tertiary alicyclic amines) is 1. The number of ether oxygens (including phenoxy) is 1. The molecule has 0 bridgehead atoms. The predicted molar refractivity (Wildman–Crippen MR) is 173 cm³/mol. The highest BCUT2D eigenvalue weighted by molar-refractivity contribution is 7.85. The van der Waals surface area contributed by atoms with Crippen LogP contribution in [-0.4, -0.2) is 53.9 Å².